The van der Waals surface area contributed by atoms with E-state index in [1.165, 1.54) is 5.56 Å². The van der Waals surface area contributed by atoms with Crippen molar-refractivity contribution in [2.45, 2.75) is 70.5 Å². The summed E-state index contributed by atoms with van der Waals surface area (Å²) >= 11 is 0. The predicted molar refractivity (Wildman–Crippen MR) is 106 cm³/mol. The van der Waals surface area contributed by atoms with Crippen molar-refractivity contribution in [1.82, 2.24) is 9.80 Å². The van der Waals surface area contributed by atoms with Crippen LogP contribution in [0.4, 0.5) is 5.69 Å². The Morgan fingerprint density at radius 1 is 0.963 bits per heavy atom. The first-order chi connectivity index (χ1) is 13.0. The minimum Gasteiger partial charge on any atom is -0.339 e. The monoisotopic (exact) mass is 369 g/mol. The lowest BCUT2D eigenvalue weighted by molar-refractivity contribution is -0.149. The van der Waals surface area contributed by atoms with E-state index in [9.17, 15) is 9.59 Å². The molecule has 0 aromatic heterocycles. The Kier molecular flexibility index (Phi) is 4.97. The van der Waals surface area contributed by atoms with Crippen molar-refractivity contribution in [1.29, 1.82) is 0 Å². The molecule has 3 heterocycles. The fourth-order valence-electron chi connectivity index (χ4n) is 5.12. The van der Waals surface area contributed by atoms with Gasteiger partial charge in [0.25, 0.3) is 0 Å². The van der Waals surface area contributed by atoms with Crippen LogP contribution in [0.3, 0.4) is 0 Å². The number of hydrogen-bond acceptors (Lipinski definition) is 3. The second-order valence-electron chi connectivity index (χ2n) is 8.57. The number of hydrogen-bond donors (Lipinski definition) is 0. The Hall–Kier alpha value is -1.88. The van der Waals surface area contributed by atoms with E-state index in [1.807, 2.05) is 4.90 Å². The first-order valence-electron chi connectivity index (χ1n) is 10.5. The number of likely N-dealkylation sites (tertiary alicyclic amines) is 2. The minimum atomic E-state index is -0.299. The maximum Gasteiger partial charge on any atom is 0.243 e. The third-order valence-electron chi connectivity index (χ3n) is 6.59. The second kappa shape index (κ2) is 7.27. The molecule has 3 saturated heterocycles. The van der Waals surface area contributed by atoms with Crippen molar-refractivity contribution in [3.8, 4) is 0 Å². The highest BCUT2D eigenvalue weighted by molar-refractivity contribution is 5.95. The number of rotatable bonds is 4. The summed E-state index contributed by atoms with van der Waals surface area (Å²) in [4.78, 5) is 31.6. The van der Waals surface area contributed by atoms with E-state index >= 15 is 0 Å². The van der Waals surface area contributed by atoms with Crippen LogP contribution in [-0.4, -0.2) is 52.8 Å². The molecule has 4 rings (SSSR count). The Morgan fingerprint density at radius 2 is 1.67 bits per heavy atom. The molecule has 2 amide bonds. The molecule has 0 saturated carbocycles. The van der Waals surface area contributed by atoms with Crippen LogP contribution in [0.2, 0.25) is 0 Å². The third-order valence-corrected chi connectivity index (χ3v) is 6.59. The fourth-order valence-corrected chi connectivity index (χ4v) is 5.12. The highest BCUT2D eigenvalue weighted by Crippen LogP contribution is 2.39. The maximum absolute atomic E-state index is 13.3. The van der Waals surface area contributed by atoms with Crippen LogP contribution in [0.5, 0.6) is 0 Å². The van der Waals surface area contributed by atoms with Crippen LogP contribution < -0.4 is 4.90 Å². The number of carbonyl (C=O) groups is 2. The molecule has 0 bridgehead atoms. The van der Waals surface area contributed by atoms with E-state index in [1.54, 1.807) is 0 Å². The van der Waals surface area contributed by atoms with Gasteiger partial charge in [-0.25, -0.2) is 0 Å². The van der Waals surface area contributed by atoms with Crippen molar-refractivity contribution in [3.05, 3.63) is 29.8 Å². The van der Waals surface area contributed by atoms with Crippen LogP contribution in [0.1, 0.15) is 57.9 Å². The zero-order chi connectivity index (χ0) is 19.0. The van der Waals surface area contributed by atoms with E-state index in [0.29, 0.717) is 12.3 Å². The normalized spacial score (nSPS) is 26.8. The molecule has 1 aromatic carbocycles. The molecule has 3 fully saturated rings. The molecule has 0 radical (unpaired) electrons. The quantitative estimate of drug-likeness (QED) is 0.819. The second-order valence-corrected chi connectivity index (χ2v) is 8.57. The van der Waals surface area contributed by atoms with Crippen LogP contribution in [-0.2, 0) is 16.1 Å². The van der Waals surface area contributed by atoms with Gasteiger partial charge in [0, 0.05) is 37.8 Å². The number of amides is 2. The van der Waals surface area contributed by atoms with Gasteiger partial charge >= 0.3 is 0 Å². The van der Waals surface area contributed by atoms with Gasteiger partial charge in [-0.1, -0.05) is 12.1 Å². The summed E-state index contributed by atoms with van der Waals surface area (Å²) in [6, 6.07) is 8.64. The standard InChI is InChI=1S/C22H31N3O2/c1-17(2)24-15-5-12-22(21(24)27)11-4-13-23(22)16-18-7-9-19(10-8-18)25-14-3-6-20(25)26/h7-10,17H,3-6,11-16H2,1-2H3. The van der Waals surface area contributed by atoms with E-state index in [4.69, 9.17) is 0 Å². The van der Waals surface area contributed by atoms with Gasteiger partial charge in [0.2, 0.25) is 11.8 Å². The smallest absolute Gasteiger partial charge is 0.243 e. The SMILES string of the molecule is CC(C)N1CCCC2(CCCN2Cc2ccc(N3CCCC3=O)cc2)C1=O. The molecule has 0 aliphatic carbocycles. The van der Waals surface area contributed by atoms with Crippen molar-refractivity contribution in [2.24, 2.45) is 0 Å². The molecule has 1 spiro atoms. The van der Waals surface area contributed by atoms with Crippen molar-refractivity contribution in [2.75, 3.05) is 24.5 Å². The van der Waals surface area contributed by atoms with Crippen LogP contribution >= 0.6 is 0 Å². The number of benzene rings is 1. The maximum atomic E-state index is 13.3. The topological polar surface area (TPSA) is 43.9 Å². The van der Waals surface area contributed by atoms with Gasteiger partial charge in [-0.05, 0) is 70.2 Å². The van der Waals surface area contributed by atoms with E-state index in [2.05, 4.69) is 47.9 Å². The molecule has 0 N–H and O–H groups in total. The van der Waals surface area contributed by atoms with E-state index in [0.717, 1.165) is 64.0 Å². The molecule has 3 aliphatic heterocycles. The highest BCUT2D eigenvalue weighted by Gasteiger charge is 2.50. The fraction of sp³-hybridized carbons (Fsp3) is 0.636. The van der Waals surface area contributed by atoms with Gasteiger partial charge in [-0.15, -0.1) is 0 Å². The molecular formula is C22H31N3O2. The lowest BCUT2D eigenvalue weighted by atomic mass is 9.84. The molecule has 5 heteroatoms. The molecule has 5 nitrogen and oxygen atoms in total. The number of piperidine rings is 1. The Bertz CT molecular complexity index is 715. The molecule has 1 unspecified atom stereocenters. The largest absolute Gasteiger partial charge is 0.339 e. The summed E-state index contributed by atoms with van der Waals surface area (Å²) < 4.78 is 0. The summed E-state index contributed by atoms with van der Waals surface area (Å²) in [6.07, 6.45) is 5.76. The summed E-state index contributed by atoms with van der Waals surface area (Å²) in [7, 11) is 0. The molecular weight excluding hydrogens is 338 g/mol. The van der Waals surface area contributed by atoms with E-state index in [-0.39, 0.29) is 17.5 Å². The highest BCUT2D eigenvalue weighted by atomic mass is 16.2. The van der Waals surface area contributed by atoms with Gasteiger partial charge in [0.1, 0.15) is 5.54 Å². The summed E-state index contributed by atoms with van der Waals surface area (Å²) in [6.45, 7) is 7.76. The lowest BCUT2D eigenvalue weighted by Gasteiger charge is -2.46. The third kappa shape index (κ3) is 3.27. The zero-order valence-corrected chi connectivity index (χ0v) is 16.6. The molecule has 1 atom stereocenters. The number of carbonyl (C=O) groups excluding carboxylic acids is 2. The Morgan fingerprint density at radius 3 is 2.30 bits per heavy atom. The molecule has 1 aromatic rings. The predicted octanol–water partition coefficient (Wildman–Crippen LogP) is 3.18. The van der Waals surface area contributed by atoms with Crippen molar-refractivity contribution in [3.63, 3.8) is 0 Å². The number of nitrogens with zero attached hydrogens (tertiary/aromatic N) is 3. The first-order valence-corrected chi connectivity index (χ1v) is 10.5. The molecule has 3 aliphatic rings. The zero-order valence-electron chi connectivity index (χ0n) is 16.6. The Labute approximate surface area is 162 Å². The van der Waals surface area contributed by atoms with Gasteiger partial charge in [0.05, 0.1) is 0 Å². The van der Waals surface area contributed by atoms with Crippen molar-refractivity contribution >= 4 is 17.5 Å². The summed E-state index contributed by atoms with van der Waals surface area (Å²) in [5.74, 6) is 0.559. The summed E-state index contributed by atoms with van der Waals surface area (Å²) in [5, 5.41) is 0. The average molecular weight is 370 g/mol. The van der Waals surface area contributed by atoms with Gasteiger partial charge in [-0.2, -0.15) is 0 Å². The van der Waals surface area contributed by atoms with E-state index < -0.39 is 0 Å². The minimum absolute atomic E-state index is 0.225. The molecule has 146 valence electrons. The Balaban J connectivity index is 1.50. The van der Waals surface area contributed by atoms with Crippen LogP contribution in [0.15, 0.2) is 24.3 Å². The summed E-state index contributed by atoms with van der Waals surface area (Å²) in [5.41, 5.74) is 1.92. The number of anilines is 1. The lowest BCUT2D eigenvalue weighted by Crippen LogP contribution is -2.61. The van der Waals surface area contributed by atoms with Gasteiger partial charge < -0.3 is 9.80 Å². The first kappa shape index (κ1) is 18.5. The average Bonchev–Trinajstić information content (AvgIpc) is 3.25. The van der Waals surface area contributed by atoms with Crippen molar-refractivity contribution < 1.29 is 9.59 Å². The van der Waals surface area contributed by atoms with Crippen LogP contribution in [0.25, 0.3) is 0 Å². The molecule has 27 heavy (non-hydrogen) atoms. The van der Waals surface area contributed by atoms with Gasteiger partial charge in [0.15, 0.2) is 0 Å². The van der Waals surface area contributed by atoms with Crippen LogP contribution in [0, 0.1) is 0 Å². The van der Waals surface area contributed by atoms with Gasteiger partial charge in [-0.3, -0.25) is 14.5 Å².